The number of hydrogen-bond acceptors (Lipinski definition) is 4. The summed E-state index contributed by atoms with van der Waals surface area (Å²) in [4.78, 5) is 16.7. The highest BCUT2D eigenvalue weighted by Gasteiger charge is 1.59. The van der Waals surface area contributed by atoms with Gasteiger partial charge in [-0.3, -0.25) is 0 Å². The fourth-order valence-corrected chi connectivity index (χ4v) is 1.15. The van der Waals surface area contributed by atoms with Gasteiger partial charge in [0.15, 0.2) is 0 Å². The van der Waals surface area contributed by atoms with Crippen LogP contribution in [-0.4, -0.2) is 12.2 Å². The van der Waals surface area contributed by atoms with Gasteiger partial charge < -0.3 is 0 Å². The van der Waals surface area contributed by atoms with E-state index in [2.05, 4.69) is 0 Å². The van der Waals surface area contributed by atoms with Gasteiger partial charge in [-0.25, -0.2) is 20.4 Å². The van der Waals surface area contributed by atoms with Crippen molar-refractivity contribution < 1.29 is 9.59 Å². The summed E-state index contributed by atoms with van der Waals surface area (Å²) in [6, 6.07) is 36.0. The van der Waals surface area contributed by atoms with Crippen molar-refractivity contribution in [1.82, 2.24) is 0 Å². The topological polar surface area (TPSA) is 81.8 Å². The fraction of sp³-hybridized carbons (Fsp3) is 0.0476. The van der Waals surface area contributed by atoms with Crippen LogP contribution < -0.4 is 0 Å². The van der Waals surface area contributed by atoms with Crippen LogP contribution in [-0.2, 0) is 9.59 Å². The molecule has 3 aromatic rings. The van der Waals surface area contributed by atoms with Gasteiger partial charge in [0.25, 0.3) is 0 Å². The molecule has 0 bridgehead atoms. The Balaban J connectivity index is -0.000000248. The molecule has 0 aliphatic rings. The Morgan fingerprint density at radius 2 is 0.400 bits per heavy atom. The van der Waals surface area contributed by atoms with E-state index >= 15 is 0 Å². The predicted molar refractivity (Wildman–Crippen MR) is 103 cm³/mol. The first kappa shape index (κ1) is 26.3. The lowest BCUT2D eigenvalue weighted by atomic mass is 10.4. The average molecular weight is 336 g/mol. The molecule has 0 fully saturated rings. The van der Waals surface area contributed by atoms with Crippen LogP contribution in [0.2, 0.25) is 0 Å². The molecule has 0 aromatic heterocycles. The van der Waals surface area contributed by atoms with Crippen LogP contribution in [0.25, 0.3) is 0 Å². The Bertz CT molecular complexity index is 451. The molecule has 3 aromatic carbocycles. The average Bonchev–Trinajstić information content (AvgIpc) is 2.68. The van der Waals surface area contributed by atoms with E-state index in [9.17, 15) is 0 Å². The Morgan fingerprint density at radius 1 is 0.360 bits per heavy atom. The molecule has 0 aliphatic heterocycles. The van der Waals surface area contributed by atoms with Crippen LogP contribution in [0, 0.1) is 10.8 Å². The third-order valence-corrected chi connectivity index (χ3v) is 2.00. The molecule has 4 nitrogen and oxygen atoms in total. The molecule has 0 spiro atoms. The summed E-state index contributed by atoms with van der Waals surface area (Å²) in [6.45, 7) is 0. The van der Waals surface area contributed by atoms with Crippen LogP contribution in [0.3, 0.4) is 0 Å². The normalized spacial score (nSPS) is 6.40. The molecule has 0 heterocycles. The van der Waals surface area contributed by atoms with E-state index in [1.165, 1.54) is 0 Å². The summed E-state index contributed by atoms with van der Waals surface area (Å²) < 4.78 is 0. The van der Waals surface area contributed by atoms with E-state index in [-0.39, 0.29) is 7.43 Å². The maximum absolute atomic E-state index is 8.35. The van der Waals surface area contributed by atoms with Gasteiger partial charge in [0, 0.05) is 0 Å². The first-order valence-corrected chi connectivity index (χ1v) is 6.91. The van der Waals surface area contributed by atoms with Crippen LogP contribution in [0.4, 0.5) is 0 Å². The standard InChI is InChI=1S/3C6H6.2CHNO.CH4/c3*1-2-4-6-5-3-1;2*2-1-3;/h3*1-6H;2*2H;1H4. The van der Waals surface area contributed by atoms with E-state index < -0.39 is 0 Å². The fourth-order valence-electron chi connectivity index (χ4n) is 1.15. The maximum Gasteiger partial charge on any atom is 0.231 e. The molecule has 130 valence electrons. The van der Waals surface area contributed by atoms with Crippen molar-refractivity contribution in [3.63, 3.8) is 0 Å². The van der Waals surface area contributed by atoms with Gasteiger partial charge in [-0.1, -0.05) is 117 Å². The maximum atomic E-state index is 8.35. The largest absolute Gasteiger partial charge is 0.231 e. The van der Waals surface area contributed by atoms with Gasteiger partial charge in [0.2, 0.25) is 12.2 Å². The van der Waals surface area contributed by atoms with Crippen molar-refractivity contribution in [2.24, 2.45) is 0 Å². The lowest BCUT2D eigenvalue weighted by Gasteiger charge is -1.69. The van der Waals surface area contributed by atoms with E-state index in [0.717, 1.165) is 12.2 Å². The summed E-state index contributed by atoms with van der Waals surface area (Å²) in [7, 11) is 0. The van der Waals surface area contributed by atoms with Crippen LogP contribution in [0.15, 0.2) is 109 Å². The Morgan fingerprint density at radius 3 is 0.440 bits per heavy atom. The SMILES string of the molecule is C.N=C=O.N=C=O.c1ccccc1.c1ccccc1.c1ccccc1. The molecule has 0 saturated heterocycles. The van der Waals surface area contributed by atoms with Crippen molar-refractivity contribution in [2.75, 3.05) is 0 Å². The van der Waals surface area contributed by atoms with Crippen molar-refractivity contribution in [3.8, 4) is 0 Å². The third kappa shape index (κ3) is 33.3. The Hall–Kier alpha value is -3.58. The monoisotopic (exact) mass is 336 g/mol. The molecule has 0 amide bonds. The molecule has 25 heavy (non-hydrogen) atoms. The van der Waals surface area contributed by atoms with Crippen LogP contribution in [0.5, 0.6) is 0 Å². The van der Waals surface area contributed by atoms with E-state index in [0.29, 0.717) is 0 Å². The molecule has 0 saturated carbocycles. The highest BCUT2D eigenvalue weighted by Crippen LogP contribution is 1.81. The highest BCUT2D eigenvalue weighted by molar-refractivity contribution is 5.26. The second kappa shape index (κ2) is 28.6. The number of rotatable bonds is 0. The van der Waals surface area contributed by atoms with Crippen LogP contribution >= 0.6 is 0 Å². The number of nitrogens with one attached hydrogen (secondary N) is 2. The van der Waals surface area contributed by atoms with Gasteiger partial charge in [0.05, 0.1) is 0 Å². The zero-order chi connectivity index (χ0) is 18.1. The van der Waals surface area contributed by atoms with E-state index in [1.54, 1.807) is 0 Å². The lowest BCUT2D eigenvalue weighted by molar-refractivity contribution is 0.562. The second-order valence-electron chi connectivity index (χ2n) is 3.67. The summed E-state index contributed by atoms with van der Waals surface area (Å²) in [5.74, 6) is 0. The van der Waals surface area contributed by atoms with Crippen molar-refractivity contribution in [1.29, 1.82) is 10.8 Å². The lowest BCUT2D eigenvalue weighted by Crippen LogP contribution is -1.47. The van der Waals surface area contributed by atoms with E-state index in [1.807, 2.05) is 109 Å². The number of isocyanates is 2. The molecule has 2 N–H and O–H groups in total. The van der Waals surface area contributed by atoms with Crippen molar-refractivity contribution in [3.05, 3.63) is 109 Å². The molecule has 0 aliphatic carbocycles. The summed E-state index contributed by atoms with van der Waals surface area (Å²) in [5.41, 5.74) is 0. The minimum absolute atomic E-state index is 0. The molecule has 0 radical (unpaired) electrons. The molecule has 0 unspecified atom stereocenters. The number of carbonyl (C=O) groups excluding carboxylic acids is 2. The molecular weight excluding hydrogens is 312 g/mol. The quantitative estimate of drug-likeness (QED) is 0.420. The summed E-state index contributed by atoms with van der Waals surface area (Å²) in [6.07, 6.45) is 1.50. The van der Waals surface area contributed by atoms with Gasteiger partial charge in [-0.15, -0.1) is 0 Å². The smallest absolute Gasteiger partial charge is 0.222 e. The third-order valence-electron chi connectivity index (χ3n) is 2.00. The van der Waals surface area contributed by atoms with Crippen molar-refractivity contribution >= 4 is 12.2 Å². The Kier molecular flexibility index (Phi) is 30.1. The molecule has 4 heteroatoms. The summed E-state index contributed by atoms with van der Waals surface area (Å²) in [5, 5.41) is 10.8. The number of benzene rings is 3. The minimum Gasteiger partial charge on any atom is -0.222 e. The minimum atomic E-state index is 0. The molecule has 0 atom stereocenters. The van der Waals surface area contributed by atoms with Gasteiger partial charge in [-0.2, -0.15) is 0 Å². The van der Waals surface area contributed by atoms with E-state index in [4.69, 9.17) is 20.4 Å². The first-order valence-electron chi connectivity index (χ1n) is 6.91. The van der Waals surface area contributed by atoms with Gasteiger partial charge >= 0.3 is 0 Å². The zero-order valence-electron chi connectivity index (χ0n) is 13.2. The van der Waals surface area contributed by atoms with Gasteiger partial charge in [0.1, 0.15) is 0 Å². The second-order valence-corrected chi connectivity index (χ2v) is 3.67. The molecule has 3 rings (SSSR count). The van der Waals surface area contributed by atoms with Crippen LogP contribution in [0.1, 0.15) is 7.43 Å². The summed E-state index contributed by atoms with van der Waals surface area (Å²) >= 11 is 0. The van der Waals surface area contributed by atoms with Gasteiger partial charge in [-0.05, 0) is 0 Å². The zero-order valence-corrected chi connectivity index (χ0v) is 13.2. The highest BCUT2D eigenvalue weighted by atomic mass is 16.1. The Labute approximate surface area is 149 Å². The van der Waals surface area contributed by atoms with Crippen molar-refractivity contribution in [2.45, 2.75) is 7.43 Å². The number of hydrogen-bond donors (Lipinski definition) is 2. The molecular formula is C21H24N2O2. The predicted octanol–water partition coefficient (Wildman–Crippen LogP) is 5.50. The first-order chi connectivity index (χ1) is 11.8.